The molecule has 0 aromatic heterocycles. The van der Waals surface area contributed by atoms with Gasteiger partial charge in [0.05, 0.1) is 6.61 Å². The van der Waals surface area contributed by atoms with Crippen molar-refractivity contribution in [3.63, 3.8) is 0 Å². The molecule has 1 saturated carbocycles. The van der Waals surface area contributed by atoms with Crippen molar-refractivity contribution in [2.75, 3.05) is 6.61 Å². The topological polar surface area (TPSA) is 43.4 Å². The fourth-order valence-electron chi connectivity index (χ4n) is 2.76. The van der Waals surface area contributed by atoms with Crippen molar-refractivity contribution >= 4 is 11.8 Å². The highest BCUT2D eigenvalue weighted by molar-refractivity contribution is 6.10. The maximum absolute atomic E-state index is 12.4. The van der Waals surface area contributed by atoms with Crippen LogP contribution in [0.15, 0.2) is 24.3 Å². The predicted octanol–water partition coefficient (Wildman–Crippen LogP) is 2.94. The van der Waals surface area contributed by atoms with Crippen molar-refractivity contribution in [1.29, 1.82) is 0 Å². The van der Waals surface area contributed by atoms with E-state index in [0.717, 1.165) is 24.0 Å². The van der Waals surface area contributed by atoms with Crippen LogP contribution in [-0.4, -0.2) is 18.4 Å². The van der Waals surface area contributed by atoms with Crippen molar-refractivity contribution in [1.82, 2.24) is 0 Å². The highest BCUT2D eigenvalue weighted by atomic mass is 16.5. The van der Waals surface area contributed by atoms with Gasteiger partial charge in [-0.2, -0.15) is 0 Å². The molecule has 0 radical (unpaired) electrons. The molecule has 19 heavy (non-hydrogen) atoms. The number of carbonyl (C=O) groups is 2. The second-order valence-corrected chi connectivity index (χ2v) is 5.12. The summed E-state index contributed by atoms with van der Waals surface area (Å²) >= 11 is 0. The Balaban J connectivity index is 2.46. The van der Waals surface area contributed by atoms with Crippen LogP contribution in [-0.2, 0) is 19.7 Å². The van der Waals surface area contributed by atoms with Gasteiger partial charge in [0.2, 0.25) is 0 Å². The van der Waals surface area contributed by atoms with Crippen molar-refractivity contribution < 1.29 is 14.3 Å². The van der Waals surface area contributed by atoms with E-state index in [1.807, 2.05) is 31.2 Å². The second-order valence-electron chi connectivity index (χ2n) is 5.12. The van der Waals surface area contributed by atoms with Gasteiger partial charge in [-0.15, -0.1) is 0 Å². The van der Waals surface area contributed by atoms with E-state index in [-0.39, 0.29) is 11.8 Å². The third kappa shape index (κ3) is 2.42. The number of ether oxygens (including phenoxy) is 1. The molecule has 3 heteroatoms. The standard InChI is InChI=1S/C16H20O3/c1-3-19-15(18)16(11-5-4-6-14(16)17)13-9-7-12(2)8-10-13/h7-10H,3-6,11H2,1-2H3. The van der Waals surface area contributed by atoms with Crippen LogP contribution in [0.5, 0.6) is 0 Å². The third-order valence-corrected chi connectivity index (χ3v) is 3.85. The Morgan fingerprint density at radius 1 is 1.26 bits per heavy atom. The van der Waals surface area contributed by atoms with Gasteiger partial charge in [-0.1, -0.05) is 36.2 Å². The van der Waals surface area contributed by atoms with Crippen LogP contribution < -0.4 is 0 Å². The molecule has 3 nitrogen and oxygen atoms in total. The van der Waals surface area contributed by atoms with Crippen LogP contribution >= 0.6 is 0 Å². The van der Waals surface area contributed by atoms with Crippen LogP contribution in [0.3, 0.4) is 0 Å². The summed E-state index contributed by atoms with van der Waals surface area (Å²) in [5.41, 5.74) is 0.828. The fourth-order valence-corrected chi connectivity index (χ4v) is 2.76. The van der Waals surface area contributed by atoms with E-state index in [1.54, 1.807) is 6.92 Å². The monoisotopic (exact) mass is 260 g/mol. The molecule has 0 N–H and O–H groups in total. The summed E-state index contributed by atoms with van der Waals surface area (Å²) < 4.78 is 5.18. The zero-order chi connectivity index (χ0) is 13.9. The largest absolute Gasteiger partial charge is 0.465 e. The summed E-state index contributed by atoms with van der Waals surface area (Å²) in [6.45, 7) is 4.07. The van der Waals surface area contributed by atoms with Gasteiger partial charge < -0.3 is 4.74 Å². The maximum atomic E-state index is 12.4. The first kappa shape index (κ1) is 13.8. The number of Topliss-reactive ketones (excluding diaryl/α,β-unsaturated/α-hetero) is 1. The number of ketones is 1. The lowest BCUT2D eigenvalue weighted by atomic mass is 9.68. The molecule has 0 spiro atoms. The number of carbonyl (C=O) groups excluding carboxylic acids is 2. The van der Waals surface area contributed by atoms with E-state index in [1.165, 1.54) is 0 Å². The Kier molecular flexibility index (Phi) is 4.03. The minimum Gasteiger partial charge on any atom is -0.465 e. The van der Waals surface area contributed by atoms with Gasteiger partial charge in [-0.05, 0) is 32.3 Å². The molecule has 102 valence electrons. The molecule has 0 heterocycles. The highest BCUT2D eigenvalue weighted by Crippen LogP contribution is 2.38. The summed E-state index contributed by atoms with van der Waals surface area (Å²) in [5, 5.41) is 0. The number of hydrogen-bond acceptors (Lipinski definition) is 3. The zero-order valence-corrected chi connectivity index (χ0v) is 11.6. The van der Waals surface area contributed by atoms with E-state index in [9.17, 15) is 9.59 Å². The lowest BCUT2D eigenvalue weighted by Crippen LogP contribution is -2.47. The maximum Gasteiger partial charge on any atom is 0.324 e. The van der Waals surface area contributed by atoms with E-state index in [0.29, 0.717) is 19.4 Å². The molecule has 1 aliphatic rings. The number of benzene rings is 1. The summed E-state index contributed by atoms with van der Waals surface area (Å²) in [7, 11) is 0. The van der Waals surface area contributed by atoms with Gasteiger partial charge >= 0.3 is 5.97 Å². The average molecular weight is 260 g/mol. The first-order chi connectivity index (χ1) is 9.11. The molecule has 2 rings (SSSR count). The van der Waals surface area contributed by atoms with Gasteiger partial charge in [0, 0.05) is 6.42 Å². The van der Waals surface area contributed by atoms with Crippen LogP contribution in [0, 0.1) is 6.92 Å². The second kappa shape index (κ2) is 5.55. The van der Waals surface area contributed by atoms with Crippen molar-refractivity contribution in [2.24, 2.45) is 0 Å². The van der Waals surface area contributed by atoms with Crippen LogP contribution in [0.2, 0.25) is 0 Å². The number of rotatable bonds is 3. The molecule has 0 saturated heterocycles. The molecule has 1 fully saturated rings. The molecule has 1 aromatic rings. The van der Waals surface area contributed by atoms with E-state index < -0.39 is 5.41 Å². The SMILES string of the molecule is CCOC(=O)C1(c2ccc(C)cc2)CCCCC1=O. The molecule has 0 amide bonds. The van der Waals surface area contributed by atoms with Crippen molar-refractivity contribution in [3.05, 3.63) is 35.4 Å². The van der Waals surface area contributed by atoms with E-state index in [2.05, 4.69) is 0 Å². The van der Waals surface area contributed by atoms with Crippen molar-refractivity contribution in [2.45, 2.75) is 44.9 Å². The molecule has 1 atom stereocenters. The Hall–Kier alpha value is -1.64. The van der Waals surface area contributed by atoms with Gasteiger partial charge in [-0.25, -0.2) is 0 Å². The van der Waals surface area contributed by atoms with Crippen LogP contribution in [0.25, 0.3) is 0 Å². The number of aryl methyl sites for hydroxylation is 1. The fraction of sp³-hybridized carbons (Fsp3) is 0.500. The highest BCUT2D eigenvalue weighted by Gasteiger charge is 2.49. The molecule has 1 unspecified atom stereocenters. The zero-order valence-electron chi connectivity index (χ0n) is 11.6. The summed E-state index contributed by atoms with van der Waals surface area (Å²) in [5.74, 6) is -0.385. The normalized spacial score (nSPS) is 23.2. The summed E-state index contributed by atoms with van der Waals surface area (Å²) in [6, 6.07) is 7.65. The van der Waals surface area contributed by atoms with Gasteiger partial charge in [0.25, 0.3) is 0 Å². The minimum absolute atomic E-state index is 0.000975. The first-order valence-corrected chi connectivity index (χ1v) is 6.89. The number of hydrogen-bond donors (Lipinski definition) is 0. The molecular weight excluding hydrogens is 240 g/mol. The minimum atomic E-state index is -1.07. The lowest BCUT2D eigenvalue weighted by molar-refractivity contribution is -0.155. The van der Waals surface area contributed by atoms with Crippen LogP contribution in [0.4, 0.5) is 0 Å². The quantitative estimate of drug-likeness (QED) is 0.620. The summed E-state index contributed by atoms with van der Waals surface area (Å²) in [6.07, 6.45) is 2.78. The smallest absolute Gasteiger partial charge is 0.324 e. The molecule has 1 aliphatic carbocycles. The predicted molar refractivity (Wildman–Crippen MR) is 73.0 cm³/mol. The lowest BCUT2D eigenvalue weighted by Gasteiger charge is -2.33. The third-order valence-electron chi connectivity index (χ3n) is 3.85. The molecular formula is C16H20O3. The molecule has 0 bridgehead atoms. The van der Waals surface area contributed by atoms with Crippen molar-refractivity contribution in [3.8, 4) is 0 Å². The Morgan fingerprint density at radius 3 is 2.53 bits per heavy atom. The number of esters is 1. The van der Waals surface area contributed by atoms with Gasteiger partial charge in [0.1, 0.15) is 0 Å². The Bertz CT molecular complexity index is 475. The Labute approximate surface area is 114 Å². The van der Waals surface area contributed by atoms with Crippen LogP contribution in [0.1, 0.15) is 43.7 Å². The molecule has 0 aliphatic heterocycles. The molecule has 1 aromatic carbocycles. The average Bonchev–Trinajstić information content (AvgIpc) is 2.41. The van der Waals surface area contributed by atoms with Gasteiger partial charge in [-0.3, -0.25) is 9.59 Å². The summed E-state index contributed by atoms with van der Waals surface area (Å²) in [4.78, 5) is 24.8. The van der Waals surface area contributed by atoms with E-state index >= 15 is 0 Å². The van der Waals surface area contributed by atoms with Gasteiger partial charge in [0.15, 0.2) is 11.2 Å². The first-order valence-electron chi connectivity index (χ1n) is 6.89. The van der Waals surface area contributed by atoms with E-state index in [4.69, 9.17) is 4.74 Å². The Morgan fingerprint density at radius 2 is 1.95 bits per heavy atom.